The molecule has 1 rings (SSSR count). The standard InChI is InChI=1S/C12H15O2/c1-3-10(2)11-5-4-6-12(9-11)14-8-7-13/h4-6,9,13H,1-3,7-8H2. The van der Waals surface area contributed by atoms with E-state index in [1.54, 1.807) is 0 Å². The lowest BCUT2D eigenvalue weighted by molar-refractivity contribution is 0.201. The Morgan fingerprint density at radius 3 is 2.86 bits per heavy atom. The van der Waals surface area contributed by atoms with Crippen LogP contribution in [0.15, 0.2) is 30.8 Å². The van der Waals surface area contributed by atoms with Crippen molar-refractivity contribution in [2.45, 2.75) is 6.42 Å². The zero-order valence-electron chi connectivity index (χ0n) is 8.20. The van der Waals surface area contributed by atoms with Gasteiger partial charge in [-0.05, 0) is 36.6 Å². The van der Waals surface area contributed by atoms with Gasteiger partial charge in [-0.25, -0.2) is 0 Å². The van der Waals surface area contributed by atoms with E-state index >= 15 is 0 Å². The van der Waals surface area contributed by atoms with E-state index < -0.39 is 0 Å². The minimum Gasteiger partial charge on any atom is -0.491 e. The normalized spacial score (nSPS) is 9.86. The lowest BCUT2D eigenvalue weighted by Crippen LogP contribution is -2.01. The highest BCUT2D eigenvalue weighted by atomic mass is 16.5. The number of ether oxygens (including phenoxy) is 1. The molecule has 0 fully saturated rings. The van der Waals surface area contributed by atoms with Crippen LogP contribution in [0.3, 0.4) is 0 Å². The molecule has 1 radical (unpaired) electrons. The van der Waals surface area contributed by atoms with Crippen LogP contribution in [0.5, 0.6) is 5.75 Å². The monoisotopic (exact) mass is 191 g/mol. The molecule has 0 spiro atoms. The molecule has 2 heteroatoms. The van der Waals surface area contributed by atoms with Crippen LogP contribution in [0.25, 0.3) is 5.57 Å². The molecule has 1 N–H and O–H groups in total. The van der Waals surface area contributed by atoms with Gasteiger partial charge in [0, 0.05) is 0 Å². The average molecular weight is 191 g/mol. The van der Waals surface area contributed by atoms with Gasteiger partial charge in [0.25, 0.3) is 0 Å². The summed E-state index contributed by atoms with van der Waals surface area (Å²) in [6.45, 7) is 8.02. The summed E-state index contributed by atoms with van der Waals surface area (Å²) >= 11 is 0. The Labute approximate surface area is 84.8 Å². The Kier molecular flexibility index (Phi) is 4.20. The smallest absolute Gasteiger partial charge is 0.120 e. The van der Waals surface area contributed by atoms with Gasteiger partial charge >= 0.3 is 0 Å². The van der Waals surface area contributed by atoms with Gasteiger partial charge in [-0.2, -0.15) is 0 Å². The third kappa shape index (κ3) is 2.89. The minimum absolute atomic E-state index is 0.0283. The van der Waals surface area contributed by atoms with Crippen molar-refractivity contribution in [3.63, 3.8) is 0 Å². The van der Waals surface area contributed by atoms with E-state index in [0.717, 1.165) is 16.9 Å². The van der Waals surface area contributed by atoms with Crippen molar-refractivity contribution >= 4 is 5.57 Å². The first kappa shape index (κ1) is 10.8. The summed E-state index contributed by atoms with van der Waals surface area (Å²) in [5.74, 6) is 0.756. The zero-order valence-corrected chi connectivity index (χ0v) is 8.20. The molecule has 0 saturated carbocycles. The van der Waals surface area contributed by atoms with E-state index in [9.17, 15) is 0 Å². The highest BCUT2D eigenvalue weighted by Crippen LogP contribution is 2.20. The van der Waals surface area contributed by atoms with Gasteiger partial charge in [0.1, 0.15) is 12.4 Å². The summed E-state index contributed by atoms with van der Waals surface area (Å²) in [7, 11) is 0. The van der Waals surface area contributed by atoms with Crippen LogP contribution in [0.4, 0.5) is 0 Å². The summed E-state index contributed by atoms with van der Waals surface area (Å²) in [6.07, 6.45) is 0.684. The first-order valence-electron chi connectivity index (χ1n) is 4.59. The summed E-state index contributed by atoms with van der Waals surface area (Å²) in [6, 6.07) is 7.64. The fraction of sp³-hybridized carbons (Fsp3) is 0.250. The number of aliphatic hydroxyl groups excluding tert-OH is 1. The van der Waals surface area contributed by atoms with Crippen LogP contribution < -0.4 is 4.74 Å². The number of rotatable bonds is 5. The Balaban J connectivity index is 2.73. The van der Waals surface area contributed by atoms with Gasteiger partial charge in [-0.15, -0.1) is 0 Å². The van der Waals surface area contributed by atoms with E-state index in [-0.39, 0.29) is 6.61 Å². The average Bonchev–Trinajstić information content (AvgIpc) is 2.25. The van der Waals surface area contributed by atoms with Crippen LogP contribution in [-0.4, -0.2) is 18.3 Å². The quantitative estimate of drug-likeness (QED) is 0.773. The van der Waals surface area contributed by atoms with Gasteiger partial charge in [-0.3, -0.25) is 0 Å². The lowest BCUT2D eigenvalue weighted by Gasteiger charge is -2.07. The predicted molar refractivity (Wildman–Crippen MR) is 58.0 cm³/mol. The molecular formula is C12H15O2. The topological polar surface area (TPSA) is 29.5 Å². The van der Waals surface area contributed by atoms with E-state index in [0.29, 0.717) is 13.0 Å². The lowest BCUT2D eigenvalue weighted by atomic mass is 10.1. The molecule has 0 bridgehead atoms. The molecule has 0 aromatic heterocycles. The molecule has 0 heterocycles. The SMILES string of the molecule is [CH2]CC(=C)c1cccc(OCCO)c1. The zero-order chi connectivity index (χ0) is 10.4. The van der Waals surface area contributed by atoms with Crippen LogP contribution in [0, 0.1) is 6.92 Å². The molecule has 2 nitrogen and oxygen atoms in total. The van der Waals surface area contributed by atoms with Gasteiger partial charge in [0.05, 0.1) is 6.61 Å². The van der Waals surface area contributed by atoms with E-state index in [4.69, 9.17) is 9.84 Å². The molecule has 75 valence electrons. The molecule has 0 unspecified atom stereocenters. The summed E-state index contributed by atoms with van der Waals surface area (Å²) in [4.78, 5) is 0. The van der Waals surface area contributed by atoms with Crippen molar-refractivity contribution in [3.8, 4) is 5.75 Å². The second-order valence-corrected chi connectivity index (χ2v) is 2.95. The maximum Gasteiger partial charge on any atom is 0.120 e. The first-order chi connectivity index (χ1) is 6.77. The van der Waals surface area contributed by atoms with Crippen molar-refractivity contribution in [3.05, 3.63) is 43.3 Å². The Morgan fingerprint density at radius 2 is 2.21 bits per heavy atom. The van der Waals surface area contributed by atoms with Gasteiger partial charge in [0.2, 0.25) is 0 Å². The molecule has 0 aliphatic carbocycles. The second-order valence-electron chi connectivity index (χ2n) is 2.95. The maximum absolute atomic E-state index is 8.60. The van der Waals surface area contributed by atoms with E-state index in [1.165, 1.54) is 0 Å². The largest absolute Gasteiger partial charge is 0.491 e. The van der Waals surface area contributed by atoms with Crippen molar-refractivity contribution in [2.24, 2.45) is 0 Å². The molecule has 1 aromatic carbocycles. The first-order valence-corrected chi connectivity index (χ1v) is 4.59. The van der Waals surface area contributed by atoms with Crippen LogP contribution >= 0.6 is 0 Å². The van der Waals surface area contributed by atoms with Gasteiger partial charge in [-0.1, -0.05) is 18.7 Å². The molecule has 0 atom stereocenters. The second kappa shape index (κ2) is 5.45. The van der Waals surface area contributed by atoms with E-state index in [1.807, 2.05) is 24.3 Å². The summed E-state index contributed by atoms with van der Waals surface area (Å²) in [5, 5.41) is 8.60. The number of aliphatic hydroxyl groups is 1. The highest BCUT2D eigenvalue weighted by Gasteiger charge is 1.98. The van der Waals surface area contributed by atoms with Crippen LogP contribution in [0.1, 0.15) is 12.0 Å². The van der Waals surface area contributed by atoms with Crippen molar-refractivity contribution in [1.82, 2.24) is 0 Å². The molecule has 0 aliphatic heterocycles. The fourth-order valence-corrected chi connectivity index (χ4v) is 1.11. The molecular weight excluding hydrogens is 176 g/mol. The molecule has 0 aliphatic rings. The van der Waals surface area contributed by atoms with Crippen molar-refractivity contribution < 1.29 is 9.84 Å². The molecule has 14 heavy (non-hydrogen) atoms. The van der Waals surface area contributed by atoms with Gasteiger partial charge < -0.3 is 9.84 Å². The minimum atomic E-state index is 0.0283. The highest BCUT2D eigenvalue weighted by molar-refractivity contribution is 5.64. The maximum atomic E-state index is 8.60. The number of allylic oxidation sites excluding steroid dienone is 1. The number of hydrogen-bond donors (Lipinski definition) is 1. The van der Waals surface area contributed by atoms with Crippen molar-refractivity contribution in [2.75, 3.05) is 13.2 Å². The summed E-state index contributed by atoms with van der Waals surface area (Å²) in [5.41, 5.74) is 2.02. The number of benzene rings is 1. The van der Waals surface area contributed by atoms with Gasteiger partial charge in [0.15, 0.2) is 0 Å². The van der Waals surface area contributed by atoms with E-state index in [2.05, 4.69) is 13.5 Å². The van der Waals surface area contributed by atoms with Crippen molar-refractivity contribution in [1.29, 1.82) is 0 Å². The number of hydrogen-bond acceptors (Lipinski definition) is 2. The molecule has 0 saturated heterocycles. The third-order valence-electron chi connectivity index (χ3n) is 1.90. The predicted octanol–water partition coefficient (Wildman–Crippen LogP) is 2.30. The Bertz CT molecular complexity index is 305. The fourth-order valence-electron chi connectivity index (χ4n) is 1.11. The Hall–Kier alpha value is -1.28. The molecule has 1 aromatic rings. The third-order valence-corrected chi connectivity index (χ3v) is 1.90. The Morgan fingerprint density at radius 1 is 1.43 bits per heavy atom. The molecule has 0 amide bonds. The van der Waals surface area contributed by atoms with Crippen LogP contribution in [-0.2, 0) is 0 Å². The van der Waals surface area contributed by atoms with Crippen LogP contribution in [0.2, 0.25) is 0 Å². The summed E-state index contributed by atoms with van der Waals surface area (Å²) < 4.78 is 5.28.